The van der Waals surface area contributed by atoms with Crippen molar-refractivity contribution in [3.63, 3.8) is 0 Å². The van der Waals surface area contributed by atoms with E-state index in [0.717, 1.165) is 45.3 Å². The maximum atomic E-state index is 14.1. The Hall–Kier alpha value is -3.62. The molecule has 1 aromatic heterocycles. The summed E-state index contributed by atoms with van der Waals surface area (Å²) in [4.78, 5) is 19.8. The van der Waals surface area contributed by atoms with Crippen molar-refractivity contribution in [2.75, 3.05) is 21.3 Å². The zero-order chi connectivity index (χ0) is 26.4. The topological polar surface area (TPSA) is 62.0 Å². The van der Waals surface area contributed by atoms with Gasteiger partial charge in [-0.05, 0) is 54.3 Å². The number of allylic oxidation sites excluding steroid dienone is 1. The third-order valence-corrected chi connectivity index (χ3v) is 8.56. The van der Waals surface area contributed by atoms with Gasteiger partial charge in [-0.25, -0.2) is 4.99 Å². The molecule has 0 fully saturated rings. The minimum atomic E-state index is -0.369. The van der Waals surface area contributed by atoms with Crippen molar-refractivity contribution in [1.82, 2.24) is 4.57 Å². The molecule has 6 rings (SSSR count). The number of aryl methyl sites for hydroxylation is 1. The molecule has 1 unspecified atom stereocenters. The van der Waals surface area contributed by atoms with E-state index in [1.165, 1.54) is 16.9 Å². The number of para-hydroxylation sites is 1. The molecule has 0 amide bonds. The van der Waals surface area contributed by atoms with Crippen molar-refractivity contribution < 1.29 is 14.2 Å². The van der Waals surface area contributed by atoms with Gasteiger partial charge >= 0.3 is 0 Å². The van der Waals surface area contributed by atoms with E-state index in [9.17, 15) is 4.79 Å². The van der Waals surface area contributed by atoms with E-state index in [4.69, 9.17) is 19.2 Å². The predicted octanol–water partition coefficient (Wildman–Crippen LogP) is 5.11. The number of fused-ring (bicyclic) bond motifs is 3. The summed E-state index contributed by atoms with van der Waals surface area (Å²) in [6, 6.07) is 19.6. The average molecular weight is 590 g/mol. The van der Waals surface area contributed by atoms with Crippen LogP contribution in [-0.2, 0) is 6.42 Å². The quantitative estimate of drug-likeness (QED) is 0.325. The monoisotopic (exact) mass is 588 g/mol. The van der Waals surface area contributed by atoms with Gasteiger partial charge in [0.2, 0.25) is 0 Å². The van der Waals surface area contributed by atoms with Crippen LogP contribution in [0.1, 0.15) is 34.7 Å². The van der Waals surface area contributed by atoms with Gasteiger partial charge in [-0.2, -0.15) is 0 Å². The molecular weight excluding hydrogens is 564 g/mol. The van der Waals surface area contributed by atoms with Gasteiger partial charge in [0.1, 0.15) is 5.75 Å². The third-order valence-electron chi connectivity index (χ3n) is 7.08. The highest BCUT2D eigenvalue weighted by molar-refractivity contribution is 9.10. The molecule has 6 nitrogen and oxygen atoms in total. The van der Waals surface area contributed by atoms with E-state index in [1.54, 1.807) is 21.3 Å². The number of aromatic nitrogens is 1. The van der Waals surface area contributed by atoms with Crippen LogP contribution < -0.4 is 29.1 Å². The Morgan fingerprint density at radius 3 is 2.58 bits per heavy atom. The fourth-order valence-electron chi connectivity index (χ4n) is 5.39. The van der Waals surface area contributed by atoms with Gasteiger partial charge in [0.15, 0.2) is 16.3 Å². The smallest absolute Gasteiger partial charge is 0.271 e. The standard InChI is InChI=1S/C30H25BrN2O4S/c1-35-23-14-12-19(31)15-18(23)16-25-29(34)33-27(22-9-6-10-24(36-2)28(22)37-3)21-13-11-17-7-4-5-8-20(17)26(21)32-30(33)38-25/h4-10,12,14-16,27H,11,13H2,1-3H3. The maximum absolute atomic E-state index is 14.1. The van der Waals surface area contributed by atoms with Gasteiger partial charge < -0.3 is 14.2 Å². The molecule has 8 heteroatoms. The summed E-state index contributed by atoms with van der Waals surface area (Å²) in [7, 11) is 4.89. The molecule has 192 valence electrons. The van der Waals surface area contributed by atoms with Gasteiger partial charge in [0.05, 0.1) is 37.6 Å². The van der Waals surface area contributed by atoms with Crippen molar-refractivity contribution >= 4 is 39.0 Å². The Labute approximate surface area is 232 Å². The van der Waals surface area contributed by atoms with Gasteiger partial charge in [0.25, 0.3) is 5.56 Å². The number of hydrogen-bond donors (Lipinski definition) is 0. The summed E-state index contributed by atoms with van der Waals surface area (Å²) in [5.74, 6) is 1.94. The fraction of sp³-hybridized carbons (Fsp3) is 0.200. The summed E-state index contributed by atoms with van der Waals surface area (Å²) in [6.07, 6.45) is 3.56. The van der Waals surface area contributed by atoms with Crippen LogP contribution in [0.5, 0.6) is 17.2 Å². The summed E-state index contributed by atoms with van der Waals surface area (Å²) < 4.78 is 20.3. The molecule has 1 aliphatic heterocycles. The number of rotatable bonds is 5. The van der Waals surface area contributed by atoms with Crippen molar-refractivity contribution in [3.05, 3.63) is 113 Å². The fourth-order valence-corrected chi connectivity index (χ4v) is 6.76. The second-order valence-electron chi connectivity index (χ2n) is 9.08. The number of benzene rings is 3. The molecule has 1 aliphatic carbocycles. The normalized spacial score (nSPS) is 16.3. The molecule has 4 aromatic rings. The summed E-state index contributed by atoms with van der Waals surface area (Å²) in [5.41, 5.74) is 6.02. The number of ether oxygens (including phenoxy) is 3. The first kappa shape index (κ1) is 24.7. The molecule has 0 N–H and O–H groups in total. The second kappa shape index (κ2) is 9.93. The van der Waals surface area contributed by atoms with Crippen LogP contribution in [0.15, 0.2) is 80.5 Å². The molecule has 1 atom stereocenters. The zero-order valence-electron chi connectivity index (χ0n) is 21.2. The molecule has 0 spiro atoms. The van der Waals surface area contributed by atoms with E-state index in [-0.39, 0.29) is 11.6 Å². The summed E-state index contributed by atoms with van der Waals surface area (Å²) in [5, 5.41) is 0. The van der Waals surface area contributed by atoms with Crippen molar-refractivity contribution in [1.29, 1.82) is 0 Å². The Bertz CT molecular complexity index is 1790. The molecular formula is C30H25BrN2O4S. The molecule has 38 heavy (non-hydrogen) atoms. The Balaban J connectivity index is 1.66. The first-order valence-electron chi connectivity index (χ1n) is 12.2. The van der Waals surface area contributed by atoms with Gasteiger partial charge in [-0.1, -0.05) is 63.7 Å². The molecule has 0 saturated carbocycles. The van der Waals surface area contributed by atoms with Crippen LogP contribution in [0.3, 0.4) is 0 Å². The third kappa shape index (κ3) is 3.99. The van der Waals surface area contributed by atoms with Crippen LogP contribution in [0.4, 0.5) is 0 Å². The number of nitrogens with zero attached hydrogens (tertiary/aromatic N) is 2. The zero-order valence-corrected chi connectivity index (χ0v) is 23.6. The summed E-state index contributed by atoms with van der Waals surface area (Å²) in [6.45, 7) is 0. The van der Waals surface area contributed by atoms with E-state index >= 15 is 0 Å². The minimum Gasteiger partial charge on any atom is -0.496 e. The van der Waals surface area contributed by atoms with E-state index in [2.05, 4.69) is 34.1 Å². The predicted molar refractivity (Wildman–Crippen MR) is 153 cm³/mol. The average Bonchev–Trinajstić information content (AvgIpc) is 3.25. The Kier molecular flexibility index (Phi) is 6.45. The highest BCUT2D eigenvalue weighted by Gasteiger charge is 2.34. The lowest BCUT2D eigenvalue weighted by Gasteiger charge is -2.31. The Morgan fingerprint density at radius 1 is 0.974 bits per heavy atom. The van der Waals surface area contributed by atoms with Crippen LogP contribution in [-0.4, -0.2) is 25.9 Å². The number of halogens is 1. The highest BCUT2D eigenvalue weighted by atomic mass is 79.9. The molecule has 0 radical (unpaired) electrons. The second-order valence-corrected chi connectivity index (χ2v) is 11.0. The largest absolute Gasteiger partial charge is 0.496 e. The maximum Gasteiger partial charge on any atom is 0.271 e. The lowest BCUT2D eigenvalue weighted by atomic mass is 9.83. The lowest BCUT2D eigenvalue weighted by molar-refractivity contribution is 0.348. The lowest BCUT2D eigenvalue weighted by Crippen LogP contribution is -2.39. The molecule has 3 aromatic carbocycles. The van der Waals surface area contributed by atoms with E-state index in [0.29, 0.717) is 26.6 Å². The van der Waals surface area contributed by atoms with E-state index in [1.807, 2.05) is 53.1 Å². The van der Waals surface area contributed by atoms with Crippen molar-refractivity contribution in [3.8, 4) is 17.2 Å². The molecule has 0 saturated heterocycles. The number of hydrogen-bond acceptors (Lipinski definition) is 6. The van der Waals surface area contributed by atoms with Crippen LogP contribution >= 0.6 is 27.3 Å². The van der Waals surface area contributed by atoms with Crippen molar-refractivity contribution in [2.45, 2.75) is 18.9 Å². The molecule has 2 aliphatic rings. The first-order chi connectivity index (χ1) is 18.5. The van der Waals surface area contributed by atoms with Gasteiger partial charge in [-0.15, -0.1) is 0 Å². The minimum absolute atomic E-state index is 0.101. The SMILES string of the molecule is COc1ccc(Br)cc1C=c1sc2n(c1=O)C(c1cccc(OC)c1OC)C1=C(N=2)c2ccccc2CC1. The molecule has 0 bridgehead atoms. The van der Waals surface area contributed by atoms with Crippen LogP contribution in [0.25, 0.3) is 11.8 Å². The first-order valence-corrected chi connectivity index (χ1v) is 13.8. The molecule has 2 heterocycles. The Morgan fingerprint density at radius 2 is 1.79 bits per heavy atom. The van der Waals surface area contributed by atoms with Crippen molar-refractivity contribution in [2.24, 2.45) is 4.99 Å². The van der Waals surface area contributed by atoms with Crippen LogP contribution in [0.2, 0.25) is 0 Å². The van der Waals surface area contributed by atoms with Gasteiger partial charge in [-0.3, -0.25) is 9.36 Å². The summed E-state index contributed by atoms with van der Waals surface area (Å²) >= 11 is 4.92. The highest BCUT2D eigenvalue weighted by Crippen LogP contribution is 2.45. The van der Waals surface area contributed by atoms with E-state index < -0.39 is 0 Å². The van der Waals surface area contributed by atoms with Crippen LogP contribution in [0, 0.1) is 0 Å². The number of methoxy groups -OCH3 is 3. The van der Waals surface area contributed by atoms with Gasteiger partial charge in [0, 0.05) is 21.2 Å². The number of thiazole rings is 1.